The van der Waals surface area contributed by atoms with Gasteiger partial charge in [-0.1, -0.05) is 31.5 Å². The molecule has 0 spiro atoms. The Labute approximate surface area is 157 Å². The first kappa shape index (κ1) is 17.6. The predicted molar refractivity (Wildman–Crippen MR) is 105 cm³/mol. The summed E-state index contributed by atoms with van der Waals surface area (Å²) in [5, 5.41) is 1.82. The van der Waals surface area contributed by atoms with Crippen LogP contribution in [0.5, 0.6) is 0 Å². The first-order valence-electron chi connectivity index (χ1n) is 9.37. The van der Waals surface area contributed by atoms with E-state index in [4.69, 9.17) is 9.72 Å². The van der Waals surface area contributed by atoms with Crippen LogP contribution in [0.2, 0.25) is 0 Å². The molecular weight excluding hydrogens is 352 g/mol. The number of nitrogens with zero attached hydrogens (tertiary/aromatic N) is 2. The summed E-state index contributed by atoms with van der Waals surface area (Å²) in [6, 6.07) is 0.326. The van der Waals surface area contributed by atoms with Crippen molar-refractivity contribution in [2.45, 2.75) is 63.1 Å². The molecule has 0 N–H and O–H groups in total. The molecule has 0 aliphatic heterocycles. The molecule has 0 unspecified atom stereocenters. The first-order chi connectivity index (χ1) is 12.2. The highest BCUT2D eigenvalue weighted by Gasteiger charge is 2.28. The molecule has 136 valence electrons. The third-order valence-corrected chi connectivity index (χ3v) is 7.60. The third kappa shape index (κ3) is 3.28. The molecule has 4 rings (SSSR count). The van der Waals surface area contributed by atoms with E-state index < -0.39 is 0 Å². The Kier molecular flexibility index (Phi) is 5.20. The molecule has 1 fully saturated rings. The van der Waals surface area contributed by atoms with Gasteiger partial charge in [0.1, 0.15) is 4.83 Å². The van der Waals surface area contributed by atoms with Crippen molar-refractivity contribution in [2.75, 3.05) is 19.5 Å². The monoisotopic (exact) mass is 378 g/mol. The standard InChI is InChI=1S/C19H26N2O2S2/c1-12-7-8-14-15(11-12)25-17-16(14)18(22)21(13-5-3-4-6-13)19(20-17)24-10-9-23-2/h12-13H,3-11H2,1-2H3/t12-/m1/s1. The largest absolute Gasteiger partial charge is 0.384 e. The average Bonchev–Trinajstić information content (AvgIpc) is 3.22. The molecular formula is C19H26N2O2S2. The van der Waals surface area contributed by atoms with Gasteiger partial charge in [0, 0.05) is 23.8 Å². The van der Waals surface area contributed by atoms with Gasteiger partial charge in [-0.3, -0.25) is 9.36 Å². The number of thioether (sulfide) groups is 1. The van der Waals surface area contributed by atoms with E-state index in [2.05, 4.69) is 6.92 Å². The smallest absolute Gasteiger partial charge is 0.263 e. The molecule has 2 aliphatic carbocycles. The van der Waals surface area contributed by atoms with Crippen LogP contribution in [0, 0.1) is 5.92 Å². The van der Waals surface area contributed by atoms with E-state index >= 15 is 0 Å². The van der Waals surface area contributed by atoms with E-state index in [-0.39, 0.29) is 5.56 Å². The third-order valence-electron chi connectivity index (χ3n) is 5.54. The van der Waals surface area contributed by atoms with Crippen LogP contribution in [0.1, 0.15) is 55.5 Å². The van der Waals surface area contributed by atoms with E-state index in [0.29, 0.717) is 18.6 Å². The minimum atomic E-state index is 0.212. The topological polar surface area (TPSA) is 44.1 Å². The number of fused-ring (bicyclic) bond motifs is 3. The quantitative estimate of drug-likeness (QED) is 0.438. The second-order valence-electron chi connectivity index (χ2n) is 7.38. The van der Waals surface area contributed by atoms with E-state index in [1.807, 2.05) is 4.57 Å². The van der Waals surface area contributed by atoms with Crippen molar-refractivity contribution in [3.05, 3.63) is 20.8 Å². The van der Waals surface area contributed by atoms with Crippen molar-refractivity contribution < 1.29 is 4.74 Å². The molecule has 0 saturated heterocycles. The molecule has 4 nitrogen and oxygen atoms in total. The number of rotatable bonds is 5. The van der Waals surface area contributed by atoms with E-state index in [0.717, 1.165) is 46.8 Å². The van der Waals surface area contributed by atoms with Gasteiger partial charge < -0.3 is 4.74 Å². The molecule has 0 radical (unpaired) electrons. The van der Waals surface area contributed by atoms with Crippen molar-refractivity contribution in [2.24, 2.45) is 5.92 Å². The lowest BCUT2D eigenvalue weighted by Crippen LogP contribution is -2.27. The average molecular weight is 379 g/mol. The van der Waals surface area contributed by atoms with Crippen LogP contribution in [0.15, 0.2) is 9.95 Å². The Morgan fingerprint density at radius 2 is 2.12 bits per heavy atom. The summed E-state index contributed by atoms with van der Waals surface area (Å²) in [5.41, 5.74) is 1.51. The summed E-state index contributed by atoms with van der Waals surface area (Å²) in [5.74, 6) is 1.55. The van der Waals surface area contributed by atoms with Crippen molar-refractivity contribution in [1.82, 2.24) is 9.55 Å². The summed E-state index contributed by atoms with van der Waals surface area (Å²) in [4.78, 5) is 20.8. The number of hydrogen-bond acceptors (Lipinski definition) is 5. The summed E-state index contributed by atoms with van der Waals surface area (Å²) >= 11 is 3.42. The van der Waals surface area contributed by atoms with Crippen LogP contribution in [-0.4, -0.2) is 29.0 Å². The lowest BCUT2D eigenvalue weighted by atomic mass is 9.89. The number of aromatic nitrogens is 2. The fourth-order valence-electron chi connectivity index (χ4n) is 4.19. The minimum absolute atomic E-state index is 0.212. The second kappa shape index (κ2) is 7.41. The summed E-state index contributed by atoms with van der Waals surface area (Å²) < 4.78 is 7.22. The number of ether oxygens (including phenoxy) is 1. The Bertz CT molecular complexity index is 821. The molecule has 0 bridgehead atoms. The first-order valence-corrected chi connectivity index (χ1v) is 11.2. The van der Waals surface area contributed by atoms with Gasteiger partial charge in [-0.2, -0.15) is 0 Å². The molecule has 2 aromatic rings. The summed E-state index contributed by atoms with van der Waals surface area (Å²) in [7, 11) is 1.72. The van der Waals surface area contributed by atoms with Crippen molar-refractivity contribution >= 4 is 33.3 Å². The fraction of sp³-hybridized carbons (Fsp3) is 0.684. The fourth-order valence-corrected chi connectivity index (χ4v) is 6.58. The zero-order valence-electron chi connectivity index (χ0n) is 15.0. The van der Waals surface area contributed by atoms with E-state index in [1.54, 1.807) is 30.2 Å². The van der Waals surface area contributed by atoms with E-state index in [1.165, 1.54) is 29.7 Å². The van der Waals surface area contributed by atoms with Crippen molar-refractivity contribution in [3.8, 4) is 0 Å². The molecule has 2 aromatic heterocycles. The van der Waals surface area contributed by atoms with Gasteiger partial charge in [0.25, 0.3) is 5.56 Å². The maximum atomic E-state index is 13.5. The van der Waals surface area contributed by atoms with Gasteiger partial charge in [0.05, 0.1) is 12.0 Å². The second-order valence-corrected chi connectivity index (χ2v) is 9.53. The Hall–Kier alpha value is -0.850. The minimum Gasteiger partial charge on any atom is -0.384 e. The van der Waals surface area contributed by atoms with Gasteiger partial charge >= 0.3 is 0 Å². The summed E-state index contributed by atoms with van der Waals surface area (Å²) in [6.45, 7) is 2.99. The molecule has 1 saturated carbocycles. The number of methoxy groups -OCH3 is 1. The van der Waals surface area contributed by atoms with E-state index in [9.17, 15) is 4.79 Å². The number of thiophene rings is 1. The van der Waals surface area contributed by atoms with Crippen LogP contribution >= 0.6 is 23.1 Å². The zero-order chi connectivity index (χ0) is 17.4. The highest BCUT2D eigenvalue weighted by atomic mass is 32.2. The lowest BCUT2D eigenvalue weighted by molar-refractivity contribution is 0.218. The van der Waals surface area contributed by atoms with Gasteiger partial charge in [-0.15, -0.1) is 11.3 Å². The molecule has 0 aromatic carbocycles. The van der Waals surface area contributed by atoms with Crippen LogP contribution in [0.4, 0.5) is 0 Å². The molecule has 25 heavy (non-hydrogen) atoms. The molecule has 0 amide bonds. The Morgan fingerprint density at radius 3 is 2.88 bits per heavy atom. The van der Waals surface area contributed by atoms with Gasteiger partial charge in [-0.25, -0.2) is 4.98 Å². The molecule has 2 aliphatic rings. The lowest BCUT2D eigenvalue weighted by Gasteiger charge is -2.19. The normalized spacial score (nSPS) is 21.1. The van der Waals surface area contributed by atoms with Crippen LogP contribution < -0.4 is 5.56 Å². The maximum absolute atomic E-state index is 13.5. The number of hydrogen-bond donors (Lipinski definition) is 0. The van der Waals surface area contributed by atoms with Crippen molar-refractivity contribution in [1.29, 1.82) is 0 Å². The van der Waals surface area contributed by atoms with Gasteiger partial charge in [0.15, 0.2) is 5.16 Å². The van der Waals surface area contributed by atoms with Crippen LogP contribution in [-0.2, 0) is 17.6 Å². The highest BCUT2D eigenvalue weighted by molar-refractivity contribution is 7.99. The van der Waals surface area contributed by atoms with Crippen molar-refractivity contribution in [3.63, 3.8) is 0 Å². The van der Waals surface area contributed by atoms with Gasteiger partial charge in [0.2, 0.25) is 0 Å². The number of aryl methyl sites for hydroxylation is 1. The zero-order valence-corrected chi connectivity index (χ0v) is 16.7. The SMILES string of the molecule is COCCSc1nc2sc3c(c2c(=O)n1C1CCCC1)CC[C@@H](C)C3. The highest BCUT2D eigenvalue weighted by Crippen LogP contribution is 2.38. The summed E-state index contributed by atoms with van der Waals surface area (Å²) in [6.07, 6.45) is 7.97. The Morgan fingerprint density at radius 1 is 1.32 bits per heavy atom. The molecule has 2 heterocycles. The van der Waals surface area contributed by atoms with Crippen LogP contribution in [0.25, 0.3) is 10.2 Å². The Balaban J connectivity index is 1.84. The molecule has 1 atom stereocenters. The van der Waals surface area contributed by atoms with Gasteiger partial charge in [-0.05, 0) is 43.6 Å². The molecule has 6 heteroatoms. The van der Waals surface area contributed by atoms with Crippen LogP contribution in [0.3, 0.4) is 0 Å². The predicted octanol–water partition coefficient (Wildman–Crippen LogP) is 4.44. The maximum Gasteiger partial charge on any atom is 0.263 e.